The van der Waals surface area contributed by atoms with E-state index in [1.165, 1.54) is 0 Å². The molecule has 0 bridgehead atoms. The topological polar surface area (TPSA) is 52.3 Å². The first-order valence-electron chi connectivity index (χ1n) is 5.72. The summed E-state index contributed by atoms with van der Waals surface area (Å²) in [5.74, 6) is 0.848. The third-order valence-electron chi connectivity index (χ3n) is 3.13. The quantitative estimate of drug-likeness (QED) is 0.789. The molecule has 0 aliphatic heterocycles. The Labute approximate surface area is 95.6 Å². The van der Waals surface area contributed by atoms with Crippen molar-refractivity contribution in [2.45, 2.75) is 31.7 Å². The molecule has 86 valence electrons. The van der Waals surface area contributed by atoms with E-state index in [-0.39, 0.29) is 5.78 Å². The molecule has 16 heavy (non-hydrogen) atoms. The summed E-state index contributed by atoms with van der Waals surface area (Å²) in [4.78, 5) is 12.1. The first-order valence-corrected chi connectivity index (χ1v) is 5.72. The van der Waals surface area contributed by atoms with Gasteiger partial charge in [-0.3, -0.25) is 4.79 Å². The van der Waals surface area contributed by atoms with E-state index >= 15 is 0 Å². The summed E-state index contributed by atoms with van der Waals surface area (Å²) in [6, 6.07) is 7.22. The number of hydrogen-bond acceptors (Lipinski definition) is 3. The maximum atomic E-state index is 12.1. The first-order chi connectivity index (χ1) is 7.65. The van der Waals surface area contributed by atoms with Gasteiger partial charge in [-0.05, 0) is 50.5 Å². The van der Waals surface area contributed by atoms with Crippen LogP contribution in [-0.2, 0) is 0 Å². The summed E-state index contributed by atoms with van der Waals surface area (Å²) in [6.45, 7) is 2.57. The van der Waals surface area contributed by atoms with Crippen molar-refractivity contribution in [2.24, 2.45) is 5.73 Å². The largest absolute Gasteiger partial charge is 0.494 e. The van der Waals surface area contributed by atoms with E-state index in [9.17, 15) is 4.79 Å². The van der Waals surface area contributed by atoms with Crippen LogP contribution in [0.25, 0.3) is 0 Å². The molecule has 0 aromatic heterocycles. The molecule has 1 aliphatic rings. The maximum Gasteiger partial charge on any atom is 0.182 e. The second kappa shape index (κ2) is 4.26. The molecule has 1 fully saturated rings. The van der Waals surface area contributed by atoms with Crippen LogP contribution in [0.5, 0.6) is 5.75 Å². The number of benzene rings is 1. The van der Waals surface area contributed by atoms with Gasteiger partial charge in [-0.25, -0.2) is 0 Å². The van der Waals surface area contributed by atoms with Crippen LogP contribution < -0.4 is 10.5 Å². The Bertz CT molecular complexity index is 379. The molecule has 2 rings (SSSR count). The Kier molecular flexibility index (Phi) is 2.97. The van der Waals surface area contributed by atoms with Crippen molar-refractivity contribution < 1.29 is 9.53 Å². The van der Waals surface area contributed by atoms with Crippen LogP contribution in [0.3, 0.4) is 0 Å². The minimum absolute atomic E-state index is 0.0572. The van der Waals surface area contributed by atoms with E-state index in [0.29, 0.717) is 12.2 Å². The number of carbonyl (C=O) groups is 1. The molecular formula is C13H17NO2. The molecular weight excluding hydrogens is 202 g/mol. The molecule has 3 heteroatoms. The fourth-order valence-corrected chi connectivity index (χ4v) is 1.94. The molecule has 0 radical (unpaired) electrons. The molecule has 1 aromatic rings. The van der Waals surface area contributed by atoms with Crippen LogP contribution in [-0.4, -0.2) is 17.9 Å². The average Bonchev–Trinajstić information content (AvgIpc) is 2.26. The highest BCUT2D eigenvalue weighted by Crippen LogP contribution is 2.32. The standard InChI is InChI=1S/C13H17NO2/c1-2-16-11-6-4-10(5-7-11)12(15)13(14)8-3-9-13/h4-7H,2-3,8-9,14H2,1H3. The Morgan fingerprint density at radius 1 is 1.38 bits per heavy atom. The number of ether oxygens (including phenoxy) is 1. The predicted octanol–water partition coefficient (Wildman–Crippen LogP) is 2.15. The number of Topliss-reactive ketones (excluding diaryl/α,β-unsaturated/α-hetero) is 1. The van der Waals surface area contributed by atoms with Crippen LogP contribution in [0.1, 0.15) is 36.5 Å². The summed E-state index contributed by atoms with van der Waals surface area (Å²) >= 11 is 0. The Balaban J connectivity index is 2.12. The SMILES string of the molecule is CCOc1ccc(C(=O)C2(N)CCC2)cc1. The predicted molar refractivity (Wildman–Crippen MR) is 62.7 cm³/mol. The maximum absolute atomic E-state index is 12.1. The lowest BCUT2D eigenvalue weighted by Crippen LogP contribution is -2.53. The van der Waals surface area contributed by atoms with Crippen molar-refractivity contribution in [3.8, 4) is 5.75 Å². The lowest BCUT2D eigenvalue weighted by Gasteiger charge is -2.36. The molecule has 0 saturated heterocycles. The van der Waals surface area contributed by atoms with Gasteiger partial charge < -0.3 is 10.5 Å². The summed E-state index contributed by atoms with van der Waals surface area (Å²) in [5.41, 5.74) is 6.08. The Morgan fingerprint density at radius 2 is 2.00 bits per heavy atom. The van der Waals surface area contributed by atoms with Gasteiger partial charge in [0.2, 0.25) is 0 Å². The molecule has 0 atom stereocenters. The number of carbonyl (C=O) groups excluding carboxylic acids is 1. The van der Waals surface area contributed by atoms with Crippen molar-refractivity contribution >= 4 is 5.78 Å². The number of nitrogens with two attached hydrogens (primary N) is 1. The normalized spacial score (nSPS) is 17.6. The van der Waals surface area contributed by atoms with E-state index in [4.69, 9.17) is 10.5 Å². The molecule has 1 saturated carbocycles. The van der Waals surface area contributed by atoms with Gasteiger partial charge in [-0.2, -0.15) is 0 Å². The van der Waals surface area contributed by atoms with E-state index in [0.717, 1.165) is 25.0 Å². The van der Waals surface area contributed by atoms with Gasteiger partial charge in [-0.15, -0.1) is 0 Å². The van der Waals surface area contributed by atoms with Gasteiger partial charge in [0, 0.05) is 5.56 Å². The smallest absolute Gasteiger partial charge is 0.182 e. The highest BCUT2D eigenvalue weighted by Gasteiger charge is 2.40. The van der Waals surface area contributed by atoms with Gasteiger partial charge in [-0.1, -0.05) is 0 Å². The first kappa shape index (κ1) is 11.1. The van der Waals surface area contributed by atoms with Crippen molar-refractivity contribution in [1.82, 2.24) is 0 Å². The summed E-state index contributed by atoms with van der Waals surface area (Å²) in [7, 11) is 0. The summed E-state index contributed by atoms with van der Waals surface area (Å²) in [5, 5.41) is 0. The molecule has 0 spiro atoms. The number of rotatable bonds is 4. The van der Waals surface area contributed by atoms with E-state index < -0.39 is 5.54 Å². The second-order valence-electron chi connectivity index (χ2n) is 4.30. The molecule has 0 amide bonds. The van der Waals surface area contributed by atoms with Crippen molar-refractivity contribution in [3.63, 3.8) is 0 Å². The third kappa shape index (κ3) is 1.95. The fraction of sp³-hybridized carbons (Fsp3) is 0.462. The van der Waals surface area contributed by atoms with Crippen molar-refractivity contribution in [2.75, 3.05) is 6.61 Å². The van der Waals surface area contributed by atoms with Crippen LogP contribution in [0.15, 0.2) is 24.3 Å². The summed E-state index contributed by atoms with van der Waals surface area (Å²) < 4.78 is 5.32. The highest BCUT2D eigenvalue weighted by molar-refractivity contribution is 6.03. The van der Waals surface area contributed by atoms with Gasteiger partial charge in [0.25, 0.3) is 0 Å². The van der Waals surface area contributed by atoms with E-state index in [2.05, 4.69) is 0 Å². The van der Waals surface area contributed by atoms with Crippen molar-refractivity contribution in [1.29, 1.82) is 0 Å². The lowest BCUT2D eigenvalue weighted by molar-refractivity contribution is 0.0800. The average molecular weight is 219 g/mol. The van der Waals surface area contributed by atoms with Gasteiger partial charge in [0.05, 0.1) is 12.1 Å². The van der Waals surface area contributed by atoms with Gasteiger partial charge in [0.1, 0.15) is 5.75 Å². The zero-order valence-corrected chi connectivity index (χ0v) is 9.53. The van der Waals surface area contributed by atoms with Gasteiger partial charge in [0.15, 0.2) is 5.78 Å². The highest BCUT2D eigenvalue weighted by atomic mass is 16.5. The minimum atomic E-state index is -0.604. The zero-order chi connectivity index (χ0) is 11.6. The molecule has 1 aromatic carbocycles. The second-order valence-corrected chi connectivity index (χ2v) is 4.30. The lowest BCUT2D eigenvalue weighted by atomic mass is 9.73. The Morgan fingerprint density at radius 3 is 2.44 bits per heavy atom. The zero-order valence-electron chi connectivity index (χ0n) is 9.53. The number of ketones is 1. The van der Waals surface area contributed by atoms with Crippen LogP contribution >= 0.6 is 0 Å². The third-order valence-corrected chi connectivity index (χ3v) is 3.13. The minimum Gasteiger partial charge on any atom is -0.494 e. The van der Waals surface area contributed by atoms with E-state index in [1.807, 2.05) is 19.1 Å². The molecule has 1 aliphatic carbocycles. The molecule has 0 unspecified atom stereocenters. The molecule has 0 heterocycles. The summed E-state index contributed by atoms with van der Waals surface area (Å²) in [6.07, 6.45) is 2.66. The monoisotopic (exact) mass is 219 g/mol. The Hall–Kier alpha value is -1.35. The molecule has 3 nitrogen and oxygen atoms in total. The van der Waals surface area contributed by atoms with Crippen LogP contribution in [0, 0.1) is 0 Å². The number of hydrogen-bond donors (Lipinski definition) is 1. The van der Waals surface area contributed by atoms with Crippen LogP contribution in [0.2, 0.25) is 0 Å². The van der Waals surface area contributed by atoms with Gasteiger partial charge >= 0.3 is 0 Å². The fourth-order valence-electron chi connectivity index (χ4n) is 1.94. The van der Waals surface area contributed by atoms with Crippen molar-refractivity contribution in [3.05, 3.63) is 29.8 Å². The van der Waals surface area contributed by atoms with E-state index in [1.54, 1.807) is 12.1 Å². The molecule has 2 N–H and O–H groups in total. The van der Waals surface area contributed by atoms with Crippen LogP contribution in [0.4, 0.5) is 0 Å².